The number of urea groups is 1. The van der Waals surface area contributed by atoms with Gasteiger partial charge in [0.05, 0.1) is 18.8 Å². The van der Waals surface area contributed by atoms with Crippen LogP contribution in [-0.4, -0.2) is 47.2 Å². The summed E-state index contributed by atoms with van der Waals surface area (Å²) in [7, 11) is 0. The average molecular weight is 268 g/mol. The summed E-state index contributed by atoms with van der Waals surface area (Å²) in [4.78, 5) is 13.2. The number of aliphatic hydroxyl groups is 1. The molecule has 0 bridgehead atoms. The van der Waals surface area contributed by atoms with Crippen LogP contribution in [0.2, 0.25) is 0 Å². The highest BCUT2D eigenvalue weighted by molar-refractivity contribution is 5.79. The Morgan fingerprint density at radius 3 is 3.05 bits per heavy atom. The van der Waals surface area contributed by atoms with Gasteiger partial charge in [0.2, 0.25) is 0 Å². The van der Waals surface area contributed by atoms with Gasteiger partial charge in [0.15, 0.2) is 0 Å². The number of amides is 2. The van der Waals surface area contributed by atoms with E-state index in [-0.39, 0.29) is 12.1 Å². The van der Waals surface area contributed by atoms with Crippen LogP contribution in [0, 0.1) is 0 Å². The highest BCUT2D eigenvalue weighted by Gasteiger charge is 2.39. The van der Waals surface area contributed by atoms with Crippen molar-refractivity contribution in [2.45, 2.75) is 44.8 Å². The first-order chi connectivity index (χ1) is 8.97. The second kappa shape index (κ2) is 5.73. The van der Waals surface area contributed by atoms with Gasteiger partial charge in [-0.2, -0.15) is 0 Å². The number of allylic oxidation sites excluding steroid dienone is 1. The summed E-state index contributed by atoms with van der Waals surface area (Å²) in [6, 6.07) is -0.296. The molecule has 3 atom stereocenters. The number of aliphatic hydroxyl groups excluding tert-OH is 1. The molecule has 2 amide bonds. The Balaban J connectivity index is 1.95. The van der Waals surface area contributed by atoms with Gasteiger partial charge in [-0.15, -0.1) is 0 Å². The summed E-state index contributed by atoms with van der Waals surface area (Å²) in [5, 5.41) is 12.5. The van der Waals surface area contributed by atoms with Gasteiger partial charge < -0.3 is 19.9 Å². The topological polar surface area (TPSA) is 71.0 Å². The molecule has 0 saturated carbocycles. The van der Waals surface area contributed by atoms with E-state index in [0.717, 1.165) is 0 Å². The van der Waals surface area contributed by atoms with Crippen molar-refractivity contribution in [2.24, 2.45) is 0 Å². The van der Waals surface area contributed by atoms with E-state index in [1.54, 1.807) is 12.3 Å². The van der Waals surface area contributed by atoms with Crippen molar-refractivity contribution in [1.82, 2.24) is 10.2 Å². The minimum absolute atomic E-state index is 0.0800. The number of rotatable bonds is 4. The van der Waals surface area contributed by atoms with Gasteiger partial charge in [-0.25, -0.2) is 4.79 Å². The van der Waals surface area contributed by atoms with Crippen LogP contribution < -0.4 is 5.32 Å². The molecule has 0 radical (unpaired) electrons. The van der Waals surface area contributed by atoms with Gasteiger partial charge >= 0.3 is 6.03 Å². The van der Waals surface area contributed by atoms with Crippen LogP contribution in [0.5, 0.6) is 0 Å². The molecule has 106 valence electrons. The fourth-order valence-electron chi connectivity index (χ4n) is 2.03. The van der Waals surface area contributed by atoms with E-state index in [1.807, 2.05) is 13.8 Å². The standard InChI is InChI=1S/C13H20N2O4/c1-8(2)18-7-11-10(16)6-12(19-11)15-5-4-9(3)14-13(15)17/h4-5,8,10-12,16H,3,6-7H2,1-2H3,(H,14,17)/t10-,11+,12+/m0/s1. The van der Waals surface area contributed by atoms with Crippen LogP contribution in [0.25, 0.3) is 0 Å². The van der Waals surface area contributed by atoms with Gasteiger partial charge in [0, 0.05) is 18.3 Å². The third-order valence-electron chi connectivity index (χ3n) is 3.05. The number of carbonyl (C=O) groups excluding carboxylic acids is 1. The molecule has 19 heavy (non-hydrogen) atoms. The fourth-order valence-corrected chi connectivity index (χ4v) is 2.03. The first kappa shape index (κ1) is 14.0. The molecule has 0 spiro atoms. The average Bonchev–Trinajstić information content (AvgIpc) is 2.67. The van der Waals surface area contributed by atoms with Crippen LogP contribution in [0.1, 0.15) is 20.3 Å². The van der Waals surface area contributed by atoms with Gasteiger partial charge in [-0.3, -0.25) is 4.90 Å². The third kappa shape index (κ3) is 3.34. The lowest BCUT2D eigenvalue weighted by Gasteiger charge is -2.28. The molecular formula is C13H20N2O4. The lowest BCUT2D eigenvalue weighted by atomic mass is 10.2. The first-order valence-corrected chi connectivity index (χ1v) is 6.39. The molecule has 0 aromatic rings. The maximum Gasteiger partial charge on any atom is 0.327 e. The monoisotopic (exact) mass is 268 g/mol. The molecule has 6 nitrogen and oxygen atoms in total. The van der Waals surface area contributed by atoms with Gasteiger partial charge in [0.1, 0.15) is 12.3 Å². The first-order valence-electron chi connectivity index (χ1n) is 6.39. The Labute approximate surface area is 112 Å². The van der Waals surface area contributed by atoms with Gasteiger partial charge in [-0.05, 0) is 19.9 Å². The SMILES string of the molecule is C=C1C=CN([C@H]2C[C@H](O)[C@@H](COC(C)C)O2)C(=O)N1. The molecule has 2 aliphatic rings. The summed E-state index contributed by atoms with van der Waals surface area (Å²) >= 11 is 0. The molecule has 0 aromatic carbocycles. The molecule has 6 heteroatoms. The molecule has 0 aliphatic carbocycles. The van der Waals surface area contributed by atoms with Crippen LogP contribution in [0.4, 0.5) is 4.79 Å². The lowest BCUT2D eigenvalue weighted by molar-refractivity contribution is -0.0792. The Hall–Kier alpha value is -1.37. The highest BCUT2D eigenvalue weighted by atomic mass is 16.6. The minimum Gasteiger partial charge on any atom is -0.390 e. The zero-order valence-electron chi connectivity index (χ0n) is 11.2. The molecule has 2 N–H and O–H groups in total. The molecule has 2 rings (SSSR count). The number of carbonyl (C=O) groups is 1. The molecule has 0 unspecified atom stereocenters. The van der Waals surface area contributed by atoms with Crippen molar-refractivity contribution in [3.05, 3.63) is 24.6 Å². The smallest absolute Gasteiger partial charge is 0.327 e. The second-order valence-corrected chi connectivity index (χ2v) is 4.99. The van der Waals surface area contributed by atoms with E-state index < -0.39 is 18.4 Å². The zero-order chi connectivity index (χ0) is 14.0. The lowest BCUT2D eigenvalue weighted by Crippen LogP contribution is -2.44. The summed E-state index contributed by atoms with van der Waals surface area (Å²) in [5.41, 5.74) is 0.541. The van der Waals surface area contributed by atoms with Crippen molar-refractivity contribution >= 4 is 6.03 Å². The Morgan fingerprint density at radius 1 is 1.68 bits per heavy atom. The predicted molar refractivity (Wildman–Crippen MR) is 69.0 cm³/mol. The summed E-state index contributed by atoms with van der Waals surface area (Å²) in [5.74, 6) is 0. The summed E-state index contributed by atoms with van der Waals surface area (Å²) in [6.45, 7) is 7.81. The molecule has 1 fully saturated rings. The second-order valence-electron chi connectivity index (χ2n) is 4.99. The normalized spacial score (nSPS) is 31.2. The van der Waals surface area contributed by atoms with Gasteiger partial charge in [-0.1, -0.05) is 6.58 Å². The highest BCUT2D eigenvalue weighted by Crippen LogP contribution is 2.25. The van der Waals surface area contributed by atoms with Crippen LogP contribution in [0.15, 0.2) is 24.6 Å². The molecule has 2 aliphatic heterocycles. The van der Waals surface area contributed by atoms with E-state index in [9.17, 15) is 9.90 Å². The Bertz CT molecular complexity index is 394. The maximum atomic E-state index is 11.8. The number of nitrogens with one attached hydrogen (secondary N) is 1. The maximum absolute atomic E-state index is 11.8. The summed E-state index contributed by atoms with van der Waals surface area (Å²) in [6.07, 6.45) is 2.25. The molecule has 0 aromatic heterocycles. The van der Waals surface area contributed by atoms with Crippen molar-refractivity contribution in [3.63, 3.8) is 0 Å². The molecule has 1 saturated heterocycles. The van der Waals surface area contributed by atoms with Crippen LogP contribution in [0.3, 0.4) is 0 Å². The van der Waals surface area contributed by atoms with Crippen molar-refractivity contribution in [3.8, 4) is 0 Å². The molecule has 2 heterocycles. The van der Waals surface area contributed by atoms with E-state index in [1.165, 1.54) is 4.90 Å². The number of ether oxygens (including phenoxy) is 2. The fraction of sp³-hybridized carbons (Fsp3) is 0.615. The largest absolute Gasteiger partial charge is 0.390 e. The van der Waals surface area contributed by atoms with Crippen molar-refractivity contribution in [2.75, 3.05) is 6.61 Å². The quantitative estimate of drug-likeness (QED) is 0.796. The number of nitrogens with zero attached hydrogens (tertiary/aromatic N) is 1. The number of hydrogen-bond donors (Lipinski definition) is 2. The number of hydrogen-bond acceptors (Lipinski definition) is 4. The zero-order valence-corrected chi connectivity index (χ0v) is 11.2. The summed E-state index contributed by atoms with van der Waals surface area (Å²) < 4.78 is 11.1. The Kier molecular flexibility index (Phi) is 4.24. The van der Waals surface area contributed by atoms with E-state index in [2.05, 4.69) is 11.9 Å². The Morgan fingerprint density at radius 2 is 2.42 bits per heavy atom. The van der Waals surface area contributed by atoms with Crippen LogP contribution in [-0.2, 0) is 9.47 Å². The van der Waals surface area contributed by atoms with E-state index >= 15 is 0 Å². The molecular weight excluding hydrogens is 248 g/mol. The van der Waals surface area contributed by atoms with Crippen molar-refractivity contribution in [1.29, 1.82) is 0 Å². The predicted octanol–water partition coefficient (Wildman–Crippen LogP) is 0.940. The third-order valence-corrected chi connectivity index (χ3v) is 3.05. The van der Waals surface area contributed by atoms with E-state index in [4.69, 9.17) is 9.47 Å². The van der Waals surface area contributed by atoms with E-state index in [0.29, 0.717) is 18.7 Å². The van der Waals surface area contributed by atoms with Crippen LogP contribution >= 0.6 is 0 Å². The minimum atomic E-state index is -0.630. The van der Waals surface area contributed by atoms with Crippen molar-refractivity contribution < 1.29 is 19.4 Å². The van der Waals surface area contributed by atoms with Gasteiger partial charge in [0.25, 0.3) is 0 Å².